The van der Waals surface area contributed by atoms with Gasteiger partial charge in [-0.3, -0.25) is 14.9 Å². The lowest BCUT2D eigenvalue weighted by molar-refractivity contribution is 0.1000. The monoisotopic (exact) mass is 357 g/mol. The van der Waals surface area contributed by atoms with Gasteiger partial charge in [0, 0.05) is 27.1 Å². The number of hydrogen-bond acceptors (Lipinski definition) is 4. The lowest BCUT2D eigenvalue weighted by atomic mass is 10.1. The molecule has 2 amide bonds. The Morgan fingerprint density at radius 1 is 1.08 bits per heavy atom. The molecule has 0 fully saturated rings. The fraction of sp³-hybridized carbons (Fsp3) is 0. The van der Waals surface area contributed by atoms with Gasteiger partial charge in [-0.15, -0.1) is 11.3 Å². The van der Waals surface area contributed by atoms with Gasteiger partial charge in [-0.2, -0.15) is 0 Å². The third-order valence-corrected chi connectivity index (χ3v) is 4.28. The predicted octanol–water partition coefficient (Wildman–Crippen LogP) is 3.81. The fourth-order valence-electron chi connectivity index (χ4n) is 2.07. The number of benzene rings is 2. The number of anilines is 1. The van der Waals surface area contributed by atoms with E-state index in [9.17, 15) is 9.59 Å². The van der Waals surface area contributed by atoms with Gasteiger partial charge in [0.25, 0.3) is 5.91 Å². The predicted molar refractivity (Wildman–Crippen MR) is 95.5 cm³/mol. The molecule has 3 N–H and O–H groups in total. The highest BCUT2D eigenvalue weighted by Gasteiger charge is 2.11. The molecule has 24 heavy (non-hydrogen) atoms. The summed E-state index contributed by atoms with van der Waals surface area (Å²) in [5.41, 5.74) is 7.50. The maximum atomic E-state index is 12.3. The van der Waals surface area contributed by atoms with Gasteiger partial charge >= 0.3 is 0 Å². The van der Waals surface area contributed by atoms with Crippen LogP contribution in [0, 0.1) is 0 Å². The summed E-state index contributed by atoms with van der Waals surface area (Å²) >= 11 is 7.18. The lowest BCUT2D eigenvalue weighted by Crippen LogP contribution is -2.15. The van der Waals surface area contributed by atoms with Crippen molar-refractivity contribution in [1.29, 1.82) is 0 Å². The Bertz CT molecular complexity index is 906. The second kappa shape index (κ2) is 6.82. The third kappa shape index (κ3) is 3.61. The minimum absolute atomic E-state index is 0.281. The van der Waals surface area contributed by atoms with Crippen LogP contribution in [0.3, 0.4) is 0 Å². The van der Waals surface area contributed by atoms with Crippen molar-refractivity contribution in [2.75, 3.05) is 5.32 Å². The number of aromatic nitrogens is 1. The van der Waals surface area contributed by atoms with Crippen LogP contribution in [0.4, 0.5) is 5.13 Å². The molecular formula is C17H12ClN3O2S. The maximum absolute atomic E-state index is 12.3. The Labute approximate surface area is 147 Å². The van der Waals surface area contributed by atoms with E-state index in [2.05, 4.69) is 10.3 Å². The summed E-state index contributed by atoms with van der Waals surface area (Å²) < 4.78 is 0. The molecule has 0 bridgehead atoms. The van der Waals surface area contributed by atoms with E-state index in [1.807, 2.05) is 17.5 Å². The van der Waals surface area contributed by atoms with E-state index in [-0.39, 0.29) is 11.5 Å². The zero-order valence-corrected chi connectivity index (χ0v) is 13.9. The SMILES string of the molecule is NC(=O)c1cccc(C(=O)Nc2nc(-c3ccc(Cl)cc3)cs2)c1. The topological polar surface area (TPSA) is 85.1 Å². The third-order valence-electron chi connectivity index (χ3n) is 3.27. The summed E-state index contributed by atoms with van der Waals surface area (Å²) in [5.74, 6) is -0.931. The molecule has 0 radical (unpaired) electrons. The normalized spacial score (nSPS) is 10.4. The Morgan fingerprint density at radius 3 is 2.50 bits per heavy atom. The molecule has 1 aromatic heterocycles. The van der Waals surface area contributed by atoms with Crippen LogP contribution >= 0.6 is 22.9 Å². The standard InChI is InChI=1S/C17H12ClN3O2S/c18-13-6-4-10(5-7-13)14-9-24-17(20-14)21-16(23)12-3-1-2-11(8-12)15(19)22/h1-9H,(H2,19,22)(H,20,21,23). The summed E-state index contributed by atoms with van der Waals surface area (Å²) in [4.78, 5) is 27.8. The minimum Gasteiger partial charge on any atom is -0.366 e. The van der Waals surface area contributed by atoms with E-state index in [0.717, 1.165) is 11.3 Å². The van der Waals surface area contributed by atoms with E-state index < -0.39 is 5.91 Å². The average molecular weight is 358 g/mol. The van der Waals surface area contributed by atoms with E-state index in [1.165, 1.54) is 17.4 Å². The first-order valence-electron chi connectivity index (χ1n) is 6.95. The summed E-state index contributed by atoms with van der Waals surface area (Å²) in [5, 5.41) is 5.68. The Morgan fingerprint density at radius 2 is 1.79 bits per heavy atom. The fourth-order valence-corrected chi connectivity index (χ4v) is 2.91. The Balaban J connectivity index is 1.77. The van der Waals surface area contributed by atoms with Crippen LogP contribution in [0.5, 0.6) is 0 Å². The van der Waals surface area contributed by atoms with Gasteiger partial charge in [0.2, 0.25) is 5.91 Å². The summed E-state index contributed by atoms with van der Waals surface area (Å²) in [6.45, 7) is 0. The van der Waals surface area contributed by atoms with Gasteiger partial charge in [-0.05, 0) is 30.3 Å². The zero-order chi connectivity index (χ0) is 17.1. The second-order valence-corrected chi connectivity index (χ2v) is 6.24. The molecular weight excluding hydrogens is 346 g/mol. The number of amides is 2. The van der Waals surface area contributed by atoms with Crippen molar-refractivity contribution < 1.29 is 9.59 Å². The second-order valence-electron chi connectivity index (χ2n) is 4.94. The van der Waals surface area contributed by atoms with Gasteiger partial charge in [-0.1, -0.05) is 29.8 Å². The van der Waals surface area contributed by atoms with Crippen LogP contribution in [0.25, 0.3) is 11.3 Å². The molecule has 0 aliphatic carbocycles. The number of nitrogens with two attached hydrogens (primary N) is 1. The summed E-state index contributed by atoms with van der Waals surface area (Å²) in [6.07, 6.45) is 0. The molecule has 0 spiro atoms. The first-order valence-corrected chi connectivity index (χ1v) is 8.21. The number of nitrogens with zero attached hydrogens (tertiary/aromatic N) is 1. The molecule has 0 aliphatic heterocycles. The van der Waals surface area contributed by atoms with Crippen molar-refractivity contribution in [3.63, 3.8) is 0 Å². The molecule has 1 heterocycles. The lowest BCUT2D eigenvalue weighted by Gasteiger charge is -2.03. The number of rotatable bonds is 4. The highest BCUT2D eigenvalue weighted by molar-refractivity contribution is 7.14. The number of carbonyl (C=O) groups is 2. The number of halogens is 1. The van der Waals surface area contributed by atoms with Crippen LogP contribution in [0.2, 0.25) is 5.02 Å². The summed E-state index contributed by atoms with van der Waals surface area (Å²) in [7, 11) is 0. The number of thiazole rings is 1. The van der Waals surface area contributed by atoms with Crippen molar-refractivity contribution in [1.82, 2.24) is 4.98 Å². The highest BCUT2D eigenvalue weighted by atomic mass is 35.5. The van der Waals surface area contributed by atoms with Crippen LogP contribution < -0.4 is 11.1 Å². The Kier molecular flexibility index (Phi) is 4.59. The van der Waals surface area contributed by atoms with Gasteiger partial charge in [-0.25, -0.2) is 4.98 Å². The molecule has 2 aromatic carbocycles. The molecule has 0 saturated carbocycles. The number of nitrogens with one attached hydrogen (secondary N) is 1. The summed E-state index contributed by atoms with van der Waals surface area (Å²) in [6, 6.07) is 13.5. The van der Waals surface area contributed by atoms with Crippen molar-refractivity contribution in [2.45, 2.75) is 0 Å². The molecule has 7 heteroatoms. The van der Waals surface area contributed by atoms with Crippen LogP contribution in [0.15, 0.2) is 53.9 Å². The first kappa shape index (κ1) is 16.2. The quantitative estimate of drug-likeness (QED) is 0.744. The molecule has 0 saturated heterocycles. The molecule has 3 aromatic rings. The number of hydrogen-bond donors (Lipinski definition) is 2. The molecule has 5 nitrogen and oxygen atoms in total. The largest absolute Gasteiger partial charge is 0.366 e. The first-order chi connectivity index (χ1) is 11.5. The zero-order valence-electron chi connectivity index (χ0n) is 12.3. The molecule has 120 valence electrons. The van der Waals surface area contributed by atoms with E-state index >= 15 is 0 Å². The van der Waals surface area contributed by atoms with Gasteiger partial charge < -0.3 is 5.73 Å². The average Bonchev–Trinajstić information content (AvgIpc) is 3.04. The van der Waals surface area contributed by atoms with E-state index in [4.69, 9.17) is 17.3 Å². The van der Waals surface area contributed by atoms with Crippen molar-refractivity contribution in [3.8, 4) is 11.3 Å². The molecule has 3 rings (SSSR count). The van der Waals surface area contributed by atoms with Gasteiger partial charge in [0.15, 0.2) is 5.13 Å². The van der Waals surface area contributed by atoms with Gasteiger partial charge in [0.1, 0.15) is 0 Å². The Hall–Kier alpha value is -2.70. The van der Waals surface area contributed by atoms with Gasteiger partial charge in [0.05, 0.1) is 5.69 Å². The van der Waals surface area contributed by atoms with Crippen LogP contribution in [0.1, 0.15) is 20.7 Å². The molecule has 0 unspecified atom stereocenters. The van der Waals surface area contributed by atoms with Crippen LogP contribution in [-0.2, 0) is 0 Å². The van der Waals surface area contributed by atoms with Crippen molar-refractivity contribution in [2.24, 2.45) is 5.73 Å². The number of carbonyl (C=O) groups excluding carboxylic acids is 2. The smallest absolute Gasteiger partial charge is 0.257 e. The maximum Gasteiger partial charge on any atom is 0.257 e. The molecule has 0 atom stereocenters. The minimum atomic E-state index is -0.580. The number of primary amides is 1. The highest BCUT2D eigenvalue weighted by Crippen LogP contribution is 2.26. The van der Waals surface area contributed by atoms with Crippen molar-refractivity contribution in [3.05, 3.63) is 70.1 Å². The van der Waals surface area contributed by atoms with Crippen molar-refractivity contribution >= 4 is 39.9 Å². The molecule has 0 aliphatic rings. The van der Waals surface area contributed by atoms with Crippen LogP contribution in [-0.4, -0.2) is 16.8 Å². The van der Waals surface area contributed by atoms with E-state index in [1.54, 1.807) is 30.3 Å². The van der Waals surface area contributed by atoms with E-state index in [0.29, 0.717) is 15.7 Å².